The Bertz CT molecular complexity index is 477. The van der Waals surface area contributed by atoms with E-state index in [1.54, 1.807) is 0 Å². The van der Waals surface area contributed by atoms with Crippen LogP contribution >= 0.6 is 0 Å². The molecular formula is C15H27N5. The van der Waals surface area contributed by atoms with E-state index in [4.69, 9.17) is 4.98 Å². The van der Waals surface area contributed by atoms with Crippen molar-refractivity contribution in [2.45, 2.75) is 45.1 Å². The summed E-state index contributed by atoms with van der Waals surface area (Å²) in [5, 5.41) is 6.68. The Balaban J connectivity index is 2.20. The highest BCUT2D eigenvalue weighted by molar-refractivity contribution is 5.57. The molecule has 1 aromatic rings. The summed E-state index contributed by atoms with van der Waals surface area (Å²) < 4.78 is 0. The quantitative estimate of drug-likeness (QED) is 0.836. The third-order valence-corrected chi connectivity index (χ3v) is 4.24. The molecule has 0 amide bonds. The van der Waals surface area contributed by atoms with E-state index in [-0.39, 0.29) is 5.54 Å². The molecular weight excluding hydrogens is 250 g/mol. The maximum absolute atomic E-state index is 4.72. The van der Waals surface area contributed by atoms with Gasteiger partial charge in [-0.05, 0) is 47.7 Å². The van der Waals surface area contributed by atoms with Crippen molar-refractivity contribution in [3.05, 3.63) is 11.4 Å². The molecule has 1 aliphatic carbocycles. The number of hydrogen-bond acceptors (Lipinski definition) is 5. The van der Waals surface area contributed by atoms with Crippen LogP contribution in [0.15, 0.2) is 0 Å². The molecule has 0 aliphatic heterocycles. The summed E-state index contributed by atoms with van der Waals surface area (Å²) in [5.74, 6) is 3.43. The molecule has 1 aromatic heterocycles. The van der Waals surface area contributed by atoms with Gasteiger partial charge in [-0.2, -0.15) is 0 Å². The minimum Gasteiger partial charge on any atom is -0.373 e. The van der Waals surface area contributed by atoms with E-state index < -0.39 is 0 Å². The SMILES string of the molecule is CNc1nc(C2CC2)nc(NCC(C)(C)N(C)C)c1C. The third-order valence-electron chi connectivity index (χ3n) is 4.24. The standard InChI is InChI=1S/C15H27N5/c1-10-12(16-4)18-14(11-7-8-11)19-13(10)17-9-15(2,3)20(5)6/h11H,7-9H2,1-6H3,(H2,16,17,18,19). The Kier molecular flexibility index (Phi) is 4.18. The van der Waals surface area contributed by atoms with E-state index in [2.05, 4.69) is 55.4 Å². The van der Waals surface area contributed by atoms with E-state index in [0.717, 1.165) is 29.6 Å². The average molecular weight is 277 g/mol. The van der Waals surface area contributed by atoms with Gasteiger partial charge in [0.2, 0.25) is 0 Å². The molecule has 0 saturated heterocycles. The summed E-state index contributed by atoms with van der Waals surface area (Å²) in [6.45, 7) is 7.35. The van der Waals surface area contributed by atoms with Gasteiger partial charge in [-0.25, -0.2) is 9.97 Å². The van der Waals surface area contributed by atoms with Crippen molar-refractivity contribution < 1.29 is 0 Å². The van der Waals surface area contributed by atoms with Crippen LogP contribution in [0.3, 0.4) is 0 Å². The molecule has 20 heavy (non-hydrogen) atoms. The molecule has 5 nitrogen and oxygen atoms in total. The molecule has 0 aromatic carbocycles. The summed E-state index contributed by atoms with van der Waals surface area (Å²) in [7, 11) is 6.12. The molecule has 2 N–H and O–H groups in total. The summed E-state index contributed by atoms with van der Waals surface area (Å²) >= 11 is 0. The first-order valence-corrected chi connectivity index (χ1v) is 7.32. The van der Waals surface area contributed by atoms with Gasteiger partial charge in [-0.1, -0.05) is 0 Å². The first-order chi connectivity index (χ1) is 9.35. The fourth-order valence-electron chi connectivity index (χ4n) is 1.93. The Labute approximate surface area is 122 Å². The van der Waals surface area contributed by atoms with Gasteiger partial charge in [0.1, 0.15) is 17.5 Å². The minimum atomic E-state index is 0.0803. The van der Waals surface area contributed by atoms with E-state index >= 15 is 0 Å². The monoisotopic (exact) mass is 277 g/mol. The van der Waals surface area contributed by atoms with Crippen LogP contribution in [0, 0.1) is 6.92 Å². The topological polar surface area (TPSA) is 53.1 Å². The van der Waals surface area contributed by atoms with E-state index in [1.165, 1.54) is 12.8 Å². The molecule has 112 valence electrons. The van der Waals surface area contributed by atoms with Crippen molar-refractivity contribution in [1.29, 1.82) is 0 Å². The first kappa shape index (κ1) is 15.0. The smallest absolute Gasteiger partial charge is 0.136 e. The highest BCUT2D eigenvalue weighted by atomic mass is 15.2. The van der Waals surface area contributed by atoms with Gasteiger partial charge in [0.15, 0.2) is 0 Å². The van der Waals surface area contributed by atoms with Crippen molar-refractivity contribution in [3.63, 3.8) is 0 Å². The number of nitrogens with one attached hydrogen (secondary N) is 2. The van der Waals surface area contributed by atoms with Crippen molar-refractivity contribution >= 4 is 11.6 Å². The number of nitrogens with zero attached hydrogens (tertiary/aromatic N) is 3. The highest BCUT2D eigenvalue weighted by Crippen LogP contribution is 2.39. The summed E-state index contributed by atoms with van der Waals surface area (Å²) in [5.41, 5.74) is 1.17. The number of likely N-dealkylation sites (N-methyl/N-ethyl adjacent to an activating group) is 1. The Hall–Kier alpha value is -1.36. The van der Waals surface area contributed by atoms with Crippen molar-refractivity contribution in [3.8, 4) is 0 Å². The van der Waals surface area contributed by atoms with E-state index in [0.29, 0.717) is 5.92 Å². The van der Waals surface area contributed by atoms with Crippen LogP contribution in [0.1, 0.15) is 44.0 Å². The van der Waals surface area contributed by atoms with Crippen molar-refractivity contribution in [2.75, 3.05) is 38.3 Å². The Morgan fingerprint density at radius 1 is 1.20 bits per heavy atom. The number of rotatable bonds is 6. The van der Waals surface area contributed by atoms with Crippen LogP contribution in [-0.2, 0) is 0 Å². The predicted octanol–water partition coefficient (Wildman–Crippen LogP) is 2.46. The molecule has 5 heteroatoms. The third kappa shape index (κ3) is 3.20. The van der Waals surface area contributed by atoms with Crippen LogP contribution in [0.4, 0.5) is 11.6 Å². The van der Waals surface area contributed by atoms with Crippen LogP contribution in [0.2, 0.25) is 0 Å². The zero-order chi connectivity index (χ0) is 14.9. The molecule has 0 spiro atoms. The zero-order valence-corrected chi connectivity index (χ0v) is 13.5. The lowest BCUT2D eigenvalue weighted by molar-refractivity contribution is 0.210. The number of hydrogen-bond donors (Lipinski definition) is 2. The number of aromatic nitrogens is 2. The van der Waals surface area contributed by atoms with Gasteiger partial charge in [-0.15, -0.1) is 0 Å². The largest absolute Gasteiger partial charge is 0.373 e. The van der Waals surface area contributed by atoms with Crippen LogP contribution in [0.5, 0.6) is 0 Å². The van der Waals surface area contributed by atoms with Gasteiger partial charge in [-0.3, -0.25) is 0 Å². The summed E-state index contributed by atoms with van der Waals surface area (Å²) in [6.07, 6.45) is 2.43. The lowest BCUT2D eigenvalue weighted by Crippen LogP contribution is -2.44. The van der Waals surface area contributed by atoms with Crippen LogP contribution in [0.25, 0.3) is 0 Å². The molecule has 0 bridgehead atoms. The van der Waals surface area contributed by atoms with E-state index in [1.807, 2.05) is 7.05 Å². The molecule has 0 radical (unpaired) electrons. The minimum absolute atomic E-state index is 0.0803. The predicted molar refractivity (Wildman–Crippen MR) is 84.5 cm³/mol. The lowest BCUT2D eigenvalue weighted by Gasteiger charge is -2.33. The second-order valence-corrected chi connectivity index (χ2v) is 6.49. The first-order valence-electron chi connectivity index (χ1n) is 7.32. The van der Waals surface area contributed by atoms with Crippen LogP contribution in [-0.4, -0.2) is 48.1 Å². The van der Waals surface area contributed by atoms with Gasteiger partial charge in [0.25, 0.3) is 0 Å². The summed E-state index contributed by atoms with van der Waals surface area (Å²) in [6, 6.07) is 0. The fourth-order valence-corrected chi connectivity index (χ4v) is 1.93. The molecule has 1 aliphatic rings. The summed E-state index contributed by atoms with van der Waals surface area (Å²) in [4.78, 5) is 11.6. The normalized spacial score (nSPS) is 15.6. The van der Waals surface area contributed by atoms with Gasteiger partial charge >= 0.3 is 0 Å². The van der Waals surface area contributed by atoms with E-state index in [9.17, 15) is 0 Å². The second kappa shape index (κ2) is 5.56. The van der Waals surface area contributed by atoms with Crippen LogP contribution < -0.4 is 10.6 Å². The van der Waals surface area contributed by atoms with Crippen molar-refractivity contribution in [2.24, 2.45) is 0 Å². The lowest BCUT2D eigenvalue weighted by atomic mass is 10.0. The fraction of sp³-hybridized carbons (Fsp3) is 0.733. The van der Waals surface area contributed by atoms with Gasteiger partial charge in [0, 0.05) is 30.6 Å². The highest BCUT2D eigenvalue weighted by Gasteiger charge is 2.28. The van der Waals surface area contributed by atoms with Gasteiger partial charge in [0.05, 0.1) is 0 Å². The Morgan fingerprint density at radius 3 is 2.30 bits per heavy atom. The Morgan fingerprint density at radius 2 is 1.80 bits per heavy atom. The second-order valence-electron chi connectivity index (χ2n) is 6.49. The zero-order valence-electron chi connectivity index (χ0n) is 13.5. The molecule has 0 unspecified atom stereocenters. The number of anilines is 2. The average Bonchev–Trinajstić information content (AvgIpc) is 3.21. The molecule has 1 heterocycles. The molecule has 0 atom stereocenters. The molecule has 2 rings (SSSR count). The maximum atomic E-state index is 4.72. The molecule has 1 saturated carbocycles. The van der Waals surface area contributed by atoms with Gasteiger partial charge < -0.3 is 15.5 Å². The maximum Gasteiger partial charge on any atom is 0.136 e. The van der Waals surface area contributed by atoms with Crippen molar-refractivity contribution in [1.82, 2.24) is 14.9 Å². The molecule has 1 fully saturated rings.